The summed E-state index contributed by atoms with van der Waals surface area (Å²) in [5, 5.41) is 0. The summed E-state index contributed by atoms with van der Waals surface area (Å²) in [5.41, 5.74) is 0.190. The molecule has 0 saturated heterocycles. The molecule has 1 aromatic rings. The smallest absolute Gasteiger partial charge is 0.340 e. The van der Waals surface area contributed by atoms with E-state index in [4.69, 9.17) is 0 Å². The highest BCUT2D eigenvalue weighted by molar-refractivity contribution is 9.10. The second-order valence-corrected chi connectivity index (χ2v) is 4.10. The molecule has 0 amide bonds. The van der Waals surface area contributed by atoms with E-state index in [1.807, 2.05) is 0 Å². The third-order valence-electron chi connectivity index (χ3n) is 1.78. The maximum atomic E-state index is 12.6. The zero-order chi connectivity index (χ0) is 13.1. The van der Waals surface area contributed by atoms with Gasteiger partial charge in [-0.15, -0.1) is 0 Å². The molecule has 94 valence electrons. The number of hydrogen-bond donors (Lipinski definition) is 0. The van der Waals surface area contributed by atoms with Crippen molar-refractivity contribution in [3.63, 3.8) is 0 Å². The van der Waals surface area contributed by atoms with E-state index in [1.165, 1.54) is 18.2 Å². The van der Waals surface area contributed by atoms with Gasteiger partial charge in [0.05, 0.1) is 0 Å². The van der Waals surface area contributed by atoms with Crippen molar-refractivity contribution in [3.8, 4) is 5.75 Å². The molecular weight excluding hydrogens is 308 g/mol. The van der Waals surface area contributed by atoms with Gasteiger partial charge in [0.15, 0.2) is 6.61 Å². The SMILES string of the molecule is O=Cc1cc(Br)cc(OCC(F)(F)C(F)F)c1. The van der Waals surface area contributed by atoms with Crippen molar-refractivity contribution < 1.29 is 27.1 Å². The van der Waals surface area contributed by atoms with Crippen molar-refractivity contribution in [1.82, 2.24) is 0 Å². The third kappa shape index (κ3) is 3.99. The maximum absolute atomic E-state index is 12.6. The van der Waals surface area contributed by atoms with Crippen LogP contribution in [0.2, 0.25) is 0 Å². The average Bonchev–Trinajstić information content (AvgIpc) is 2.25. The van der Waals surface area contributed by atoms with Gasteiger partial charge in [-0.1, -0.05) is 15.9 Å². The molecule has 0 heterocycles. The van der Waals surface area contributed by atoms with Crippen molar-refractivity contribution in [2.45, 2.75) is 12.3 Å². The molecule has 0 saturated carbocycles. The van der Waals surface area contributed by atoms with E-state index in [-0.39, 0.29) is 11.3 Å². The Bertz CT molecular complexity index is 409. The third-order valence-corrected chi connectivity index (χ3v) is 2.24. The molecule has 0 N–H and O–H groups in total. The zero-order valence-corrected chi connectivity index (χ0v) is 9.89. The molecule has 17 heavy (non-hydrogen) atoms. The van der Waals surface area contributed by atoms with E-state index in [2.05, 4.69) is 20.7 Å². The van der Waals surface area contributed by atoms with Gasteiger partial charge in [-0.2, -0.15) is 8.78 Å². The van der Waals surface area contributed by atoms with Gasteiger partial charge in [0, 0.05) is 10.0 Å². The summed E-state index contributed by atoms with van der Waals surface area (Å²) in [6.07, 6.45) is -3.30. The first kappa shape index (κ1) is 14.0. The summed E-state index contributed by atoms with van der Waals surface area (Å²) >= 11 is 3.03. The highest BCUT2D eigenvalue weighted by Gasteiger charge is 2.41. The topological polar surface area (TPSA) is 26.3 Å². The van der Waals surface area contributed by atoms with Gasteiger partial charge in [0.2, 0.25) is 0 Å². The molecule has 1 rings (SSSR count). The number of benzene rings is 1. The summed E-state index contributed by atoms with van der Waals surface area (Å²) in [4.78, 5) is 10.5. The predicted molar refractivity (Wildman–Crippen MR) is 56.0 cm³/mol. The van der Waals surface area contributed by atoms with Crippen LogP contribution in [0.3, 0.4) is 0 Å². The first-order valence-electron chi connectivity index (χ1n) is 4.39. The quantitative estimate of drug-likeness (QED) is 0.614. The molecule has 0 bridgehead atoms. The summed E-state index contributed by atoms with van der Waals surface area (Å²) < 4.78 is 53.8. The van der Waals surface area contributed by atoms with Gasteiger partial charge in [-0.05, 0) is 18.2 Å². The van der Waals surface area contributed by atoms with Crippen LogP contribution < -0.4 is 4.74 Å². The number of carbonyl (C=O) groups is 1. The van der Waals surface area contributed by atoms with E-state index in [0.717, 1.165) is 0 Å². The molecule has 0 unspecified atom stereocenters. The van der Waals surface area contributed by atoms with Crippen LogP contribution in [0.15, 0.2) is 22.7 Å². The molecule has 1 aromatic carbocycles. The van der Waals surface area contributed by atoms with Gasteiger partial charge < -0.3 is 4.74 Å². The molecular formula is C10H7BrF4O2. The molecule has 0 fully saturated rings. The zero-order valence-electron chi connectivity index (χ0n) is 8.30. The number of ether oxygens (including phenoxy) is 1. The molecule has 0 aliphatic carbocycles. The Kier molecular flexibility index (Phi) is 4.50. The van der Waals surface area contributed by atoms with Crippen LogP contribution in [0.5, 0.6) is 5.75 Å². The van der Waals surface area contributed by atoms with Gasteiger partial charge in [-0.25, -0.2) is 8.78 Å². The minimum atomic E-state index is -4.22. The number of alkyl halides is 4. The predicted octanol–water partition coefficient (Wildman–Crippen LogP) is 3.54. The molecule has 0 radical (unpaired) electrons. The second kappa shape index (κ2) is 5.48. The number of hydrogen-bond acceptors (Lipinski definition) is 2. The Morgan fingerprint density at radius 1 is 1.35 bits per heavy atom. The van der Waals surface area contributed by atoms with E-state index < -0.39 is 19.0 Å². The number of halogens is 5. The monoisotopic (exact) mass is 314 g/mol. The Balaban J connectivity index is 2.76. The second-order valence-electron chi connectivity index (χ2n) is 3.19. The standard InChI is InChI=1S/C10H7BrF4O2/c11-7-1-6(4-16)2-8(3-7)17-5-10(14,15)9(12)13/h1-4,9H,5H2. The van der Waals surface area contributed by atoms with E-state index >= 15 is 0 Å². The lowest BCUT2D eigenvalue weighted by molar-refractivity contribution is -0.148. The van der Waals surface area contributed by atoms with Crippen LogP contribution >= 0.6 is 15.9 Å². The van der Waals surface area contributed by atoms with Crippen LogP contribution in [0.4, 0.5) is 17.6 Å². The molecule has 2 nitrogen and oxygen atoms in total. The van der Waals surface area contributed by atoms with Crippen molar-refractivity contribution in [2.75, 3.05) is 6.61 Å². The molecule has 0 aromatic heterocycles. The molecule has 7 heteroatoms. The summed E-state index contributed by atoms with van der Waals surface area (Å²) in [6.45, 7) is -1.45. The Morgan fingerprint density at radius 3 is 2.53 bits per heavy atom. The Morgan fingerprint density at radius 2 is 2.00 bits per heavy atom. The largest absolute Gasteiger partial charge is 0.487 e. The van der Waals surface area contributed by atoms with Gasteiger partial charge in [0.25, 0.3) is 0 Å². The van der Waals surface area contributed by atoms with Crippen LogP contribution in [0.25, 0.3) is 0 Å². The minimum Gasteiger partial charge on any atom is -0.487 e. The Labute approximate surface area is 103 Å². The first-order valence-corrected chi connectivity index (χ1v) is 5.19. The first-order chi connectivity index (χ1) is 7.85. The summed E-state index contributed by atoms with van der Waals surface area (Å²) in [5.74, 6) is -4.30. The lowest BCUT2D eigenvalue weighted by Gasteiger charge is -2.16. The highest BCUT2D eigenvalue weighted by atomic mass is 79.9. The fraction of sp³-hybridized carbons (Fsp3) is 0.300. The summed E-state index contributed by atoms with van der Waals surface area (Å²) in [7, 11) is 0. The minimum absolute atomic E-state index is 0.0817. The fourth-order valence-corrected chi connectivity index (χ4v) is 1.47. The average molecular weight is 315 g/mol. The van der Waals surface area contributed by atoms with Gasteiger partial charge in [-0.3, -0.25) is 4.79 Å². The van der Waals surface area contributed by atoms with Gasteiger partial charge in [0.1, 0.15) is 12.0 Å². The normalized spacial score (nSPS) is 11.6. The van der Waals surface area contributed by atoms with E-state index in [0.29, 0.717) is 10.8 Å². The maximum Gasteiger partial charge on any atom is 0.340 e. The van der Waals surface area contributed by atoms with Gasteiger partial charge >= 0.3 is 12.3 Å². The van der Waals surface area contributed by atoms with Crippen LogP contribution in [-0.2, 0) is 0 Å². The fourth-order valence-electron chi connectivity index (χ4n) is 0.978. The van der Waals surface area contributed by atoms with Crippen LogP contribution in [0, 0.1) is 0 Å². The lowest BCUT2D eigenvalue weighted by Crippen LogP contribution is -2.33. The van der Waals surface area contributed by atoms with Crippen molar-refractivity contribution in [1.29, 1.82) is 0 Å². The molecule has 0 aliphatic heterocycles. The van der Waals surface area contributed by atoms with Crippen LogP contribution in [-0.4, -0.2) is 25.2 Å². The molecule has 0 spiro atoms. The molecule has 0 aliphatic rings. The van der Waals surface area contributed by atoms with Crippen molar-refractivity contribution >= 4 is 22.2 Å². The van der Waals surface area contributed by atoms with E-state index in [9.17, 15) is 22.4 Å². The lowest BCUT2D eigenvalue weighted by atomic mass is 10.2. The van der Waals surface area contributed by atoms with E-state index in [1.54, 1.807) is 0 Å². The van der Waals surface area contributed by atoms with Crippen molar-refractivity contribution in [2.24, 2.45) is 0 Å². The number of aldehydes is 1. The van der Waals surface area contributed by atoms with Crippen LogP contribution in [0.1, 0.15) is 10.4 Å². The number of carbonyl (C=O) groups excluding carboxylic acids is 1. The highest BCUT2D eigenvalue weighted by Crippen LogP contribution is 2.26. The van der Waals surface area contributed by atoms with Crippen molar-refractivity contribution in [3.05, 3.63) is 28.2 Å². The number of rotatable bonds is 5. The Hall–Kier alpha value is -1.11. The summed E-state index contributed by atoms with van der Waals surface area (Å²) in [6, 6.07) is 3.92. The molecule has 0 atom stereocenters.